The summed E-state index contributed by atoms with van der Waals surface area (Å²) in [5, 5.41) is 2.80. The Labute approximate surface area is 127 Å². The van der Waals surface area contributed by atoms with Crippen LogP contribution in [0, 0.1) is 0 Å². The van der Waals surface area contributed by atoms with Crippen LogP contribution in [0.25, 0.3) is 21.9 Å². The molecule has 0 atom stereocenters. The Balaban J connectivity index is 2.22. The highest BCUT2D eigenvalue weighted by molar-refractivity contribution is 6.30. The zero-order valence-corrected chi connectivity index (χ0v) is 12.2. The van der Waals surface area contributed by atoms with Crippen LogP contribution in [-0.4, -0.2) is 13.1 Å². The van der Waals surface area contributed by atoms with E-state index in [1.807, 2.05) is 54.6 Å². The highest BCUT2D eigenvalue weighted by Crippen LogP contribution is 2.30. The predicted molar refractivity (Wildman–Crippen MR) is 85.7 cm³/mol. The van der Waals surface area contributed by atoms with E-state index in [0.717, 1.165) is 21.9 Å². The van der Waals surface area contributed by atoms with Crippen LogP contribution in [0.3, 0.4) is 0 Å². The van der Waals surface area contributed by atoms with Gasteiger partial charge in [0.15, 0.2) is 0 Å². The minimum atomic E-state index is -0.331. The maximum Gasteiger partial charge on any atom is 0.337 e. The summed E-state index contributed by atoms with van der Waals surface area (Å²) >= 11 is 5.94. The van der Waals surface area contributed by atoms with Gasteiger partial charge in [0.25, 0.3) is 0 Å². The van der Waals surface area contributed by atoms with Crippen molar-refractivity contribution in [1.82, 2.24) is 0 Å². The van der Waals surface area contributed by atoms with Crippen molar-refractivity contribution in [3.05, 3.63) is 71.2 Å². The topological polar surface area (TPSA) is 26.3 Å². The molecule has 21 heavy (non-hydrogen) atoms. The molecule has 0 radical (unpaired) electrons. The first-order valence-corrected chi connectivity index (χ1v) is 6.94. The van der Waals surface area contributed by atoms with E-state index in [2.05, 4.69) is 0 Å². The second-order valence-corrected chi connectivity index (χ2v) is 5.18. The zero-order valence-electron chi connectivity index (χ0n) is 11.5. The lowest BCUT2D eigenvalue weighted by Crippen LogP contribution is -2.00. The van der Waals surface area contributed by atoms with Crippen molar-refractivity contribution >= 4 is 28.3 Å². The Hall–Kier alpha value is -2.32. The van der Waals surface area contributed by atoms with E-state index in [-0.39, 0.29) is 5.97 Å². The van der Waals surface area contributed by atoms with Gasteiger partial charge in [0.1, 0.15) is 0 Å². The second-order valence-electron chi connectivity index (χ2n) is 4.74. The van der Waals surface area contributed by atoms with Crippen LogP contribution in [0.1, 0.15) is 10.4 Å². The van der Waals surface area contributed by atoms with Gasteiger partial charge in [0.2, 0.25) is 0 Å². The third-order valence-electron chi connectivity index (χ3n) is 3.46. The molecule has 0 aromatic heterocycles. The number of hydrogen-bond donors (Lipinski definition) is 0. The smallest absolute Gasteiger partial charge is 0.337 e. The lowest BCUT2D eigenvalue weighted by molar-refractivity contribution is 0.0601. The molecule has 3 aromatic carbocycles. The van der Waals surface area contributed by atoms with Gasteiger partial charge in [-0.2, -0.15) is 0 Å². The molecule has 0 N–H and O–H groups in total. The molecule has 3 rings (SSSR count). The van der Waals surface area contributed by atoms with Crippen molar-refractivity contribution in [1.29, 1.82) is 0 Å². The van der Waals surface area contributed by atoms with Crippen LogP contribution in [0.4, 0.5) is 0 Å². The van der Waals surface area contributed by atoms with Gasteiger partial charge in [-0.3, -0.25) is 0 Å². The fourth-order valence-corrected chi connectivity index (χ4v) is 2.52. The van der Waals surface area contributed by atoms with Crippen LogP contribution in [0.5, 0.6) is 0 Å². The number of carbonyl (C=O) groups is 1. The molecule has 0 saturated heterocycles. The standard InChI is InChI=1S/C18H13ClO2/c1-21-18(20)14-6-5-12-3-2-4-16(17(12)11-14)13-7-9-15(19)10-8-13/h2-11H,1H3. The van der Waals surface area contributed by atoms with Gasteiger partial charge < -0.3 is 4.74 Å². The molecular weight excluding hydrogens is 284 g/mol. The maximum atomic E-state index is 11.7. The molecule has 104 valence electrons. The first-order valence-electron chi connectivity index (χ1n) is 6.56. The highest BCUT2D eigenvalue weighted by Gasteiger charge is 2.09. The van der Waals surface area contributed by atoms with Crippen molar-refractivity contribution in [3.8, 4) is 11.1 Å². The Morgan fingerprint density at radius 3 is 2.48 bits per heavy atom. The first kappa shape index (κ1) is 13.7. The molecule has 0 saturated carbocycles. The Morgan fingerprint density at radius 2 is 1.76 bits per heavy atom. The lowest BCUT2D eigenvalue weighted by atomic mass is 9.97. The minimum Gasteiger partial charge on any atom is -0.465 e. The molecule has 0 aliphatic carbocycles. The van der Waals surface area contributed by atoms with E-state index < -0.39 is 0 Å². The number of fused-ring (bicyclic) bond motifs is 1. The van der Waals surface area contributed by atoms with Gasteiger partial charge in [-0.15, -0.1) is 0 Å². The van der Waals surface area contributed by atoms with E-state index in [9.17, 15) is 4.79 Å². The number of methoxy groups -OCH3 is 1. The molecule has 0 fully saturated rings. The highest BCUT2D eigenvalue weighted by atomic mass is 35.5. The molecule has 0 bridgehead atoms. The summed E-state index contributed by atoms with van der Waals surface area (Å²) in [5.41, 5.74) is 2.67. The normalized spacial score (nSPS) is 10.6. The largest absolute Gasteiger partial charge is 0.465 e. The molecule has 3 aromatic rings. The van der Waals surface area contributed by atoms with Crippen molar-refractivity contribution in [2.24, 2.45) is 0 Å². The van der Waals surface area contributed by atoms with E-state index >= 15 is 0 Å². The summed E-state index contributed by atoms with van der Waals surface area (Å²) in [5.74, 6) is -0.331. The van der Waals surface area contributed by atoms with Gasteiger partial charge >= 0.3 is 5.97 Å². The molecule has 0 aliphatic heterocycles. The third-order valence-corrected chi connectivity index (χ3v) is 3.71. The summed E-state index contributed by atoms with van der Waals surface area (Å²) in [6, 6.07) is 19.3. The molecule has 0 amide bonds. The van der Waals surface area contributed by atoms with Gasteiger partial charge in [-0.1, -0.05) is 48.0 Å². The van der Waals surface area contributed by atoms with Crippen LogP contribution >= 0.6 is 11.6 Å². The molecule has 0 spiro atoms. The van der Waals surface area contributed by atoms with Crippen molar-refractivity contribution in [3.63, 3.8) is 0 Å². The van der Waals surface area contributed by atoms with E-state index in [0.29, 0.717) is 10.6 Å². The summed E-state index contributed by atoms with van der Waals surface area (Å²) in [4.78, 5) is 11.7. The number of rotatable bonds is 2. The van der Waals surface area contributed by atoms with Crippen molar-refractivity contribution in [2.75, 3.05) is 7.11 Å². The summed E-state index contributed by atoms with van der Waals surface area (Å²) < 4.78 is 4.79. The number of ether oxygens (including phenoxy) is 1. The van der Waals surface area contributed by atoms with Gasteiger partial charge in [0.05, 0.1) is 12.7 Å². The van der Waals surface area contributed by atoms with Crippen molar-refractivity contribution in [2.45, 2.75) is 0 Å². The summed E-state index contributed by atoms with van der Waals surface area (Å²) in [7, 11) is 1.39. The second kappa shape index (κ2) is 5.58. The predicted octanol–water partition coefficient (Wildman–Crippen LogP) is 4.95. The molecular formula is C18H13ClO2. The first-order chi connectivity index (χ1) is 10.2. The number of carbonyl (C=O) groups excluding carboxylic acids is 1. The van der Waals surface area contributed by atoms with Gasteiger partial charge in [-0.25, -0.2) is 4.79 Å². The monoisotopic (exact) mass is 296 g/mol. The van der Waals surface area contributed by atoms with Gasteiger partial charge in [-0.05, 0) is 46.2 Å². The molecule has 2 nitrogen and oxygen atoms in total. The average molecular weight is 297 g/mol. The fraction of sp³-hybridized carbons (Fsp3) is 0.0556. The fourth-order valence-electron chi connectivity index (χ4n) is 2.40. The number of esters is 1. The molecule has 3 heteroatoms. The Morgan fingerprint density at radius 1 is 1.00 bits per heavy atom. The number of hydrogen-bond acceptors (Lipinski definition) is 2. The SMILES string of the molecule is COC(=O)c1ccc2cccc(-c3ccc(Cl)cc3)c2c1. The average Bonchev–Trinajstić information content (AvgIpc) is 2.54. The summed E-state index contributed by atoms with van der Waals surface area (Å²) in [6.45, 7) is 0. The third kappa shape index (κ3) is 2.63. The van der Waals surface area contributed by atoms with Crippen molar-refractivity contribution < 1.29 is 9.53 Å². The minimum absolute atomic E-state index is 0.331. The number of halogens is 1. The lowest BCUT2D eigenvalue weighted by Gasteiger charge is -2.08. The zero-order chi connectivity index (χ0) is 14.8. The van der Waals surface area contributed by atoms with Crippen LogP contribution in [0.2, 0.25) is 5.02 Å². The van der Waals surface area contributed by atoms with E-state index in [4.69, 9.17) is 16.3 Å². The quantitative estimate of drug-likeness (QED) is 0.626. The molecule has 0 aliphatic rings. The Kier molecular flexibility index (Phi) is 3.63. The van der Waals surface area contributed by atoms with E-state index in [1.165, 1.54) is 7.11 Å². The maximum absolute atomic E-state index is 11.7. The Bertz CT molecular complexity index is 807. The van der Waals surface area contributed by atoms with Gasteiger partial charge in [0, 0.05) is 5.02 Å². The number of benzene rings is 3. The molecule has 0 heterocycles. The van der Waals surface area contributed by atoms with Crippen LogP contribution < -0.4 is 0 Å². The molecule has 0 unspecified atom stereocenters. The van der Waals surface area contributed by atoms with Crippen LogP contribution in [0.15, 0.2) is 60.7 Å². The van der Waals surface area contributed by atoms with E-state index in [1.54, 1.807) is 6.07 Å². The summed E-state index contributed by atoms with van der Waals surface area (Å²) in [6.07, 6.45) is 0. The van der Waals surface area contributed by atoms with Crippen LogP contribution in [-0.2, 0) is 4.74 Å².